The van der Waals surface area contributed by atoms with E-state index in [1.807, 2.05) is 31.3 Å². The van der Waals surface area contributed by atoms with Crippen molar-refractivity contribution < 1.29 is 14.2 Å². The van der Waals surface area contributed by atoms with Gasteiger partial charge in [-0.05, 0) is 50.6 Å². The molecule has 0 saturated carbocycles. The Morgan fingerprint density at radius 3 is 2.67 bits per heavy atom. The number of fused-ring (bicyclic) bond motifs is 1. The van der Waals surface area contributed by atoms with Crippen LogP contribution in [0, 0.1) is 6.92 Å². The Labute approximate surface area is 193 Å². The summed E-state index contributed by atoms with van der Waals surface area (Å²) < 4.78 is 17.1. The molecular formula is C25H29N5O3. The van der Waals surface area contributed by atoms with Gasteiger partial charge in [0.2, 0.25) is 0 Å². The van der Waals surface area contributed by atoms with E-state index in [2.05, 4.69) is 26.3 Å². The first-order chi connectivity index (χ1) is 16.2. The van der Waals surface area contributed by atoms with Crippen molar-refractivity contribution in [2.75, 3.05) is 38.7 Å². The highest BCUT2D eigenvalue weighted by molar-refractivity contribution is 5.54. The number of hydrogen-bond acceptors (Lipinski definition) is 8. The molecule has 8 heteroatoms. The van der Waals surface area contributed by atoms with E-state index in [-0.39, 0.29) is 0 Å². The highest BCUT2D eigenvalue weighted by Crippen LogP contribution is 2.38. The van der Waals surface area contributed by atoms with Crippen molar-refractivity contribution in [1.29, 1.82) is 0 Å². The number of methoxy groups -OCH3 is 1. The highest BCUT2D eigenvalue weighted by atomic mass is 16.6. The molecule has 0 bridgehead atoms. The molecule has 8 nitrogen and oxygen atoms in total. The second kappa shape index (κ2) is 9.62. The molecule has 5 rings (SSSR count). The molecule has 172 valence electrons. The normalized spacial score (nSPS) is 16.4. The van der Waals surface area contributed by atoms with E-state index in [0.717, 1.165) is 78.2 Å². The summed E-state index contributed by atoms with van der Waals surface area (Å²) in [4.78, 5) is 16.1. The van der Waals surface area contributed by atoms with Gasteiger partial charge >= 0.3 is 0 Å². The lowest BCUT2D eigenvalue weighted by Gasteiger charge is -2.32. The van der Waals surface area contributed by atoms with Gasteiger partial charge < -0.3 is 19.5 Å². The van der Waals surface area contributed by atoms with Crippen molar-refractivity contribution in [1.82, 2.24) is 19.9 Å². The smallest absolute Gasteiger partial charge is 0.165 e. The summed E-state index contributed by atoms with van der Waals surface area (Å²) in [5.41, 5.74) is 3.23. The van der Waals surface area contributed by atoms with Crippen molar-refractivity contribution >= 4 is 11.6 Å². The lowest BCUT2D eigenvalue weighted by molar-refractivity contribution is 0.169. The van der Waals surface area contributed by atoms with E-state index >= 15 is 0 Å². The minimum absolute atomic E-state index is 0.391. The number of ether oxygens (including phenoxy) is 3. The van der Waals surface area contributed by atoms with Crippen molar-refractivity contribution in [3.8, 4) is 17.2 Å². The topological polar surface area (TPSA) is 81.6 Å². The minimum Gasteiger partial charge on any atom is -0.496 e. The number of piperidine rings is 1. The molecule has 2 aliphatic rings. The van der Waals surface area contributed by atoms with Crippen molar-refractivity contribution in [3.05, 3.63) is 59.7 Å². The van der Waals surface area contributed by atoms with Crippen molar-refractivity contribution in [3.63, 3.8) is 0 Å². The van der Waals surface area contributed by atoms with E-state index in [1.165, 1.54) is 0 Å². The predicted octanol–water partition coefficient (Wildman–Crippen LogP) is 4.08. The van der Waals surface area contributed by atoms with Crippen LogP contribution in [0.1, 0.15) is 35.6 Å². The second-order valence-electron chi connectivity index (χ2n) is 8.48. The zero-order chi connectivity index (χ0) is 22.6. The first-order valence-electron chi connectivity index (χ1n) is 11.4. The molecular weight excluding hydrogens is 418 g/mol. The minimum atomic E-state index is 0.391. The third kappa shape index (κ3) is 4.85. The molecule has 0 spiro atoms. The Kier molecular flexibility index (Phi) is 6.26. The highest BCUT2D eigenvalue weighted by Gasteiger charge is 2.24. The van der Waals surface area contributed by atoms with Gasteiger partial charge in [-0.15, -0.1) is 0 Å². The van der Waals surface area contributed by atoms with Crippen molar-refractivity contribution in [2.24, 2.45) is 0 Å². The first kappa shape index (κ1) is 21.5. The molecule has 1 aromatic carbocycles. The Bertz CT molecular complexity index is 1110. The molecule has 0 aliphatic carbocycles. The van der Waals surface area contributed by atoms with E-state index in [1.54, 1.807) is 19.5 Å². The maximum absolute atomic E-state index is 5.76. The average molecular weight is 448 g/mol. The summed E-state index contributed by atoms with van der Waals surface area (Å²) in [5, 5.41) is 3.30. The van der Waals surface area contributed by atoms with Gasteiger partial charge in [0.25, 0.3) is 0 Å². The predicted molar refractivity (Wildman–Crippen MR) is 126 cm³/mol. The largest absolute Gasteiger partial charge is 0.496 e. The molecule has 3 aromatic rings. The van der Waals surface area contributed by atoms with Crippen LogP contribution < -0.4 is 19.5 Å². The van der Waals surface area contributed by atoms with Crippen LogP contribution in [0.5, 0.6) is 17.2 Å². The van der Waals surface area contributed by atoms with Gasteiger partial charge in [-0.3, -0.25) is 9.88 Å². The molecule has 4 heterocycles. The number of nitrogens with zero attached hydrogens (tertiary/aromatic N) is 4. The number of rotatable bonds is 6. The van der Waals surface area contributed by atoms with E-state index in [9.17, 15) is 0 Å². The Morgan fingerprint density at radius 2 is 1.91 bits per heavy atom. The fraction of sp³-hybridized carbons (Fsp3) is 0.400. The van der Waals surface area contributed by atoms with E-state index < -0.39 is 0 Å². The van der Waals surface area contributed by atoms with Gasteiger partial charge in [-0.25, -0.2) is 9.97 Å². The summed E-state index contributed by atoms with van der Waals surface area (Å²) in [7, 11) is 1.70. The average Bonchev–Trinajstić information content (AvgIpc) is 2.86. The summed E-state index contributed by atoms with van der Waals surface area (Å²) >= 11 is 0. The first-order valence-corrected chi connectivity index (χ1v) is 11.4. The molecule has 2 aliphatic heterocycles. The van der Waals surface area contributed by atoms with Gasteiger partial charge in [0.1, 0.15) is 30.6 Å². The second-order valence-corrected chi connectivity index (χ2v) is 8.48. The summed E-state index contributed by atoms with van der Waals surface area (Å²) in [5.74, 6) is 4.34. The Balaban J connectivity index is 1.22. The molecule has 0 unspecified atom stereocenters. The molecule has 0 radical (unpaired) electrons. The summed E-state index contributed by atoms with van der Waals surface area (Å²) in [6.07, 6.45) is 7.49. The van der Waals surface area contributed by atoms with Crippen LogP contribution >= 0.6 is 0 Å². The Morgan fingerprint density at radius 1 is 1.12 bits per heavy atom. The molecule has 1 saturated heterocycles. The lowest BCUT2D eigenvalue weighted by Crippen LogP contribution is -2.33. The number of nitrogens with one attached hydrogen (secondary N) is 1. The quantitative estimate of drug-likeness (QED) is 0.605. The number of benzene rings is 1. The van der Waals surface area contributed by atoms with Crippen LogP contribution in [0.4, 0.5) is 11.6 Å². The van der Waals surface area contributed by atoms with Gasteiger partial charge in [0.15, 0.2) is 11.5 Å². The Hall–Kier alpha value is -3.39. The number of pyridine rings is 1. The van der Waals surface area contributed by atoms with Gasteiger partial charge in [-0.1, -0.05) is 6.07 Å². The lowest BCUT2D eigenvalue weighted by atomic mass is 9.93. The van der Waals surface area contributed by atoms with Crippen LogP contribution in [-0.2, 0) is 6.54 Å². The summed E-state index contributed by atoms with van der Waals surface area (Å²) in [6, 6.07) is 7.95. The van der Waals surface area contributed by atoms with Gasteiger partial charge in [0, 0.05) is 36.5 Å². The third-order valence-corrected chi connectivity index (χ3v) is 6.25. The van der Waals surface area contributed by atoms with Crippen LogP contribution in [0.3, 0.4) is 0 Å². The number of likely N-dealkylation sites (tertiary alicyclic amines) is 1. The molecule has 0 amide bonds. The molecule has 0 atom stereocenters. The van der Waals surface area contributed by atoms with Crippen molar-refractivity contribution in [2.45, 2.75) is 32.2 Å². The molecule has 33 heavy (non-hydrogen) atoms. The van der Waals surface area contributed by atoms with E-state index in [4.69, 9.17) is 19.2 Å². The maximum atomic E-state index is 5.76. The SMILES string of the molecule is COc1cc2c(cc1CN1CCC(c3cncc(Nc4ncccc4C)n3)CC1)OCCO2. The number of anilines is 2. The molecule has 2 aromatic heterocycles. The fourth-order valence-electron chi connectivity index (χ4n) is 4.43. The van der Waals surface area contributed by atoms with Gasteiger partial charge in [0.05, 0.1) is 19.0 Å². The van der Waals surface area contributed by atoms with E-state index in [0.29, 0.717) is 19.1 Å². The zero-order valence-corrected chi connectivity index (χ0v) is 19.1. The van der Waals surface area contributed by atoms with Crippen LogP contribution in [0.25, 0.3) is 0 Å². The van der Waals surface area contributed by atoms with Crippen LogP contribution in [-0.4, -0.2) is 53.3 Å². The zero-order valence-electron chi connectivity index (χ0n) is 19.1. The van der Waals surface area contributed by atoms with Crippen LogP contribution in [0.15, 0.2) is 42.9 Å². The number of hydrogen-bond donors (Lipinski definition) is 1. The standard InChI is InChI=1S/C25H29N5O3/c1-17-4-3-7-27-25(17)29-24-15-26-14-20(28-24)18-5-8-30(9-6-18)16-19-12-22-23(13-21(19)31-2)33-11-10-32-22/h3-4,7,12-15,18H,5-6,8-11,16H2,1-2H3,(H,27,28,29). The maximum Gasteiger partial charge on any atom is 0.165 e. The fourth-order valence-corrected chi connectivity index (χ4v) is 4.43. The molecule has 1 fully saturated rings. The monoisotopic (exact) mass is 447 g/mol. The number of aryl methyl sites for hydroxylation is 1. The molecule has 1 N–H and O–H groups in total. The van der Waals surface area contributed by atoms with Crippen LogP contribution in [0.2, 0.25) is 0 Å². The van der Waals surface area contributed by atoms with Gasteiger partial charge in [-0.2, -0.15) is 0 Å². The summed E-state index contributed by atoms with van der Waals surface area (Å²) in [6.45, 7) is 5.98. The number of aromatic nitrogens is 3. The third-order valence-electron chi connectivity index (χ3n) is 6.25.